The molecule has 3 fully saturated rings. The van der Waals surface area contributed by atoms with E-state index < -0.39 is 5.91 Å². The number of aromatic amines is 1. The molecular weight excluding hydrogens is 447 g/mol. The number of primary amides is 1. The Morgan fingerprint density at radius 2 is 1.94 bits per heavy atom. The fourth-order valence-electron chi connectivity index (χ4n) is 4.79. The minimum absolute atomic E-state index is 0.0312. The third-order valence-electron chi connectivity index (χ3n) is 6.99. The molecule has 6 rings (SSSR count). The molecule has 2 aliphatic carbocycles. The molecule has 1 aliphatic heterocycles. The molecular formula is C26H31FN6O2. The summed E-state index contributed by atoms with van der Waals surface area (Å²) in [6.45, 7) is 3.26. The first kappa shape index (κ1) is 23.3. The smallest absolute Gasteiger partial charge is 0.266 e. The number of rotatable bonds is 7. The highest BCUT2D eigenvalue weighted by Gasteiger charge is 2.36. The number of fused-ring (bicyclic) bond motifs is 1. The number of hydrogen-bond acceptors (Lipinski definition) is 4. The van der Waals surface area contributed by atoms with E-state index in [0.717, 1.165) is 29.6 Å². The monoisotopic (exact) mass is 478 g/mol. The van der Waals surface area contributed by atoms with Gasteiger partial charge in [-0.2, -0.15) is 5.10 Å². The topological polar surface area (TPSA) is 119 Å². The van der Waals surface area contributed by atoms with Crippen LogP contribution < -0.4 is 11.1 Å². The zero-order valence-corrected chi connectivity index (χ0v) is 19.9. The van der Waals surface area contributed by atoms with Crippen LogP contribution in [0.15, 0.2) is 30.0 Å². The maximum Gasteiger partial charge on any atom is 0.266 e. The Labute approximate surface area is 203 Å². The van der Waals surface area contributed by atoms with Crippen molar-refractivity contribution >= 4 is 28.9 Å². The van der Waals surface area contributed by atoms with Gasteiger partial charge < -0.3 is 16.0 Å². The number of allylic oxidation sites excluding steroid dienone is 1. The van der Waals surface area contributed by atoms with Crippen LogP contribution in [0, 0.1) is 23.6 Å². The lowest BCUT2D eigenvalue weighted by atomic mass is 9.97. The molecule has 1 atom stereocenters. The summed E-state index contributed by atoms with van der Waals surface area (Å²) in [5.74, 6) is 1.40. The summed E-state index contributed by atoms with van der Waals surface area (Å²) in [7, 11) is 0. The zero-order valence-electron chi connectivity index (χ0n) is 19.9. The average molecular weight is 479 g/mol. The summed E-state index contributed by atoms with van der Waals surface area (Å²) >= 11 is 0. The van der Waals surface area contributed by atoms with Crippen molar-refractivity contribution in [2.75, 3.05) is 6.54 Å². The number of carbonyl (C=O) groups is 2. The second-order valence-corrected chi connectivity index (χ2v) is 9.63. The van der Waals surface area contributed by atoms with Gasteiger partial charge in [0.1, 0.15) is 17.0 Å². The summed E-state index contributed by atoms with van der Waals surface area (Å²) in [6, 6.07) is 5.28. The average Bonchev–Trinajstić information content (AvgIpc) is 3.74. The Morgan fingerprint density at radius 1 is 1.20 bits per heavy atom. The second kappa shape index (κ2) is 9.64. The molecule has 2 amide bonds. The van der Waals surface area contributed by atoms with Crippen LogP contribution in [0.5, 0.6) is 0 Å². The molecule has 8 nitrogen and oxygen atoms in total. The van der Waals surface area contributed by atoms with Crippen molar-refractivity contribution < 1.29 is 14.0 Å². The van der Waals surface area contributed by atoms with Crippen LogP contribution in [-0.4, -0.2) is 38.1 Å². The van der Waals surface area contributed by atoms with E-state index in [1.54, 1.807) is 23.0 Å². The van der Waals surface area contributed by atoms with E-state index >= 15 is 0 Å². The van der Waals surface area contributed by atoms with Gasteiger partial charge in [0.2, 0.25) is 5.91 Å². The lowest BCUT2D eigenvalue weighted by Gasteiger charge is -2.07. The van der Waals surface area contributed by atoms with E-state index in [1.165, 1.54) is 31.3 Å². The Balaban J connectivity index is 0.000000214. The van der Waals surface area contributed by atoms with Crippen molar-refractivity contribution in [3.8, 4) is 0 Å². The Bertz CT molecular complexity index is 1270. The highest BCUT2D eigenvalue weighted by molar-refractivity contribution is 5.90. The molecule has 35 heavy (non-hydrogen) atoms. The molecule has 9 heteroatoms. The molecule has 184 valence electrons. The van der Waals surface area contributed by atoms with Gasteiger partial charge >= 0.3 is 0 Å². The van der Waals surface area contributed by atoms with Gasteiger partial charge in [0, 0.05) is 25.2 Å². The number of hydrogen-bond donors (Lipinski definition) is 3. The first-order chi connectivity index (χ1) is 16.9. The van der Waals surface area contributed by atoms with Crippen molar-refractivity contribution in [2.24, 2.45) is 23.5 Å². The number of H-pyrrole nitrogens is 1. The van der Waals surface area contributed by atoms with Gasteiger partial charge in [0.15, 0.2) is 5.82 Å². The van der Waals surface area contributed by atoms with E-state index in [0.29, 0.717) is 36.3 Å². The van der Waals surface area contributed by atoms with Crippen molar-refractivity contribution in [3.63, 3.8) is 0 Å². The second-order valence-electron chi connectivity index (χ2n) is 9.63. The predicted molar refractivity (Wildman–Crippen MR) is 131 cm³/mol. The summed E-state index contributed by atoms with van der Waals surface area (Å²) < 4.78 is 16.5. The largest absolute Gasteiger partial charge is 0.364 e. The van der Waals surface area contributed by atoms with Gasteiger partial charge in [-0.1, -0.05) is 11.6 Å². The first-order valence-corrected chi connectivity index (χ1v) is 12.4. The lowest BCUT2D eigenvalue weighted by molar-refractivity contribution is -0.122. The molecule has 1 unspecified atom stereocenters. The first-order valence-electron chi connectivity index (χ1n) is 12.4. The standard InChI is InChI=1S/C20H22FN3O.C6H9N3O/c21-18-13(9-14-7-8-22-20(14)25)5-6-16-19(18)24-17(23-16)10-15(11-1-2-11)12-3-4-12;1-2-9-5(6(7)10)3-4-8-9/h5-6,10-12,14H,1-4,7-9H2,(H,22,25)(H,23,24);3-4H,2H2,1H3,(H2,7,10). The van der Waals surface area contributed by atoms with Crippen LogP contribution in [0.2, 0.25) is 0 Å². The number of carbonyl (C=O) groups excluding carboxylic acids is 2. The van der Waals surface area contributed by atoms with E-state index in [-0.39, 0.29) is 17.6 Å². The molecule has 1 aromatic carbocycles. The van der Waals surface area contributed by atoms with Crippen molar-refractivity contribution in [1.82, 2.24) is 25.1 Å². The van der Waals surface area contributed by atoms with Crippen LogP contribution in [0.1, 0.15) is 60.9 Å². The molecule has 4 N–H and O–H groups in total. The van der Waals surface area contributed by atoms with Crippen molar-refractivity contribution in [1.29, 1.82) is 0 Å². The summed E-state index contributed by atoms with van der Waals surface area (Å²) in [4.78, 5) is 30.1. The Kier molecular flexibility index (Phi) is 6.40. The number of imidazole rings is 1. The summed E-state index contributed by atoms with van der Waals surface area (Å²) in [6.07, 6.45) is 10.1. The van der Waals surface area contributed by atoms with E-state index in [4.69, 9.17) is 5.73 Å². The molecule has 0 radical (unpaired) electrons. The van der Waals surface area contributed by atoms with Crippen molar-refractivity contribution in [3.05, 3.63) is 52.9 Å². The van der Waals surface area contributed by atoms with Gasteiger partial charge in [-0.25, -0.2) is 9.37 Å². The number of amides is 2. The fraction of sp³-hybridized carbons (Fsp3) is 0.462. The molecule has 0 spiro atoms. The van der Waals surface area contributed by atoms with Gasteiger partial charge in [-0.15, -0.1) is 0 Å². The molecule has 3 aliphatic rings. The molecule has 0 bridgehead atoms. The number of nitrogens with one attached hydrogen (secondary N) is 2. The van der Waals surface area contributed by atoms with Crippen molar-refractivity contribution in [2.45, 2.75) is 52.0 Å². The van der Waals surface area contributed by atoms with Gasteiger partial charge in [0.25, 0.3) is 5.91 Å². The fourth-order valence-corrected chi connectivity index (χ4v) is 4.79. The zero-order chi connectivity index (χ0) is 24.5. The molecule has 3 heterocycles. The maximum absolute atomic E-state index is 14.9. The van der Waals surface area contributed by atoms with Crippen LogP contribution in [0.25, 0.3) is 17.1 Å². The molecule has 2 aromatic heterocycles. The highest BCUT2D eigenvalue weighted by Crippen LogP contribution is 2.49. The van der Waals surface area contributed by atoms with Gasteiger partial charge in [-0.3, -0.25) is 14.3 Å². The van der Waals surface area contributed by atoms with Crippen LogP contribution >= 0.6 is 0 Å². The SMILES string of the molecule is CCn1nccc1C(N)=O.O=C1NCCC1Cc1ccc2[nH]c(C=C(C3CC3)C3CC3)nc2c1F. The minimum atomic E-state index is -0.431. The maximum atomic E-state index is 14.9. The number of nitrogens with zero attached hydrogens (tertiary/aromatic N) is 3. The lowest BCUT2D eigenvalue weighted by Crippen LogP contribution is -2.20. The number of nitrogens with two attached hydrogens (primary N) is 1. The Hall–Kier alpha value is -3.49. The number of benzene rings is 1. The number of aryl methyl sites for hydroxylation is 1. The number of halogens is 1. The van der Waals surface area contributed by atoms with E-state index in [2.05, 4.69) is 26.5 Å². The highest BCUT2D eigenvalue weighted by atomic mass is 19.1. The van der Waals surface area contributed by atoms with E-state index in [9.17, 15) is 14.0 Å². The number of aromatic nitrogens is 4. The molecule has 3 aromatic rings. The minimum Gasteiger partial charge on any atom is -0.364 e. The van der Waals surface area contributed by atoms with Crippen LogP contribution in [0.3, 0.4) is 0 Å². The predicted octanol–water partition coefficient (Wildman–Crippen LogP) is 3.59. The molecule has 1 saturated heterocycles. The third kappa shape index (κ3) is 5.13. The van der Waals surface area contributed by atoms with E-state index in [1.807, 2.05) is 13.0 Å². The van der Waals surface area contributed by atoms with Crippen LogP contribution in [0.4, 0.5) is 4.39 Å². The molecule has 2 saturated carbocycles. The summed E-state index contributed by atoms with van der Waals surface area (Å²) in [5, 5.41) is 6.69. The van der Waals surface area contributed by atoms with Gasteiger partial charge in [-0.05, 0) is 81.1 Å². The van der Waals surface area contributed by atoms with Gasteiger partial charge in [0.05, 0.1) is 5.52 Å². The normalized spacial score (nSPS) is 19.3. The third-order valence-corrected chi connectivity index (χ3v) is 6.99. The summed E-state index contributed by atoms with van der Waals surface area (Å²) in [5.41, 5.74) is 8.71. The quantitative estimate of drug-likeness (QED) is 0.481. The van der Waals surface area contributed by atoms with Crippen LogP contribution in [-0.2, 0) is 17.8 Å². The Morgan fingerprint density at radius 3 is 2.51 bits per heavy atom.